The minimum Gasteiger partial charge on any atom is -0.379 e. The first-order valence-corrected chi connectivity index (χ1v) is 5.19. The minimum absolute atomic E-state index is 0.364. The predicted molar refractivity (Wildman–Crippen MR) is 58.7 cm³/mol. The lowest BCUT2D eigenvalue weighted by Crippen LogP contribution is -2.24. The van der Waals surface area contributed by atoms with Crippen molar-refractivity contribution < 1.29 is 5.21 Å². The molecule has 0 spiro atoms. The molecule has 2 heterocycles. The fraction of sp³-hybridized carbons (Fsp3) is 0.556. The number of nitrogens with zero attached hydrogens (tertiary/aromatic N) is 4. The number of hydrogen-bond acceptors (Lipinski definition) is 5. The number of hydrogen-bond donors (Lipinski definition) is 3. The third-order valence-corrected chi connectivity index (χ3v) is 2.60. The summed E-state index contributed by atoms with van der Waals surface area (Å²) in [5.41, 5.74) is 10.3. The summed E-state index contributed by atoms with van der Waals surface area (Å²) in [6.45, 7) is 3.70. The van der Waals surface area contributed by atoms with Crippen molar-refractivity contribution in [1.82, 2.24) is 20.0 Å². The van der Waals surface area contributed by atoms with E-state index in [1.807, 2.05) is 11.5 Å². The second-order valence-electron chi connectivity index (χ2n) is 3.62. The molecule has 0 amide bonds. The van der Waals surface area contributed by atoms with E-state index in [-0.39, 0.29) is 0 Å². The zero-order valence-corrected chi connectivity index (χ0v) is 9.43. The van der Waals surface area contributed by atoms with Gasteiger partial charge < -0.3 is 20.9 Å². The van der Waals surface area contributed by atoms with Crippen LogP contribution in [-0.2, 0) is 19.6 Å². The van der Waals surface area contributed by atoms with Crippen LogP contribution in [0.3, 0.4) is 0 Å². The Morgan fingerprint density at radius 3 is 3.00 bits per heavy atom. The molecule has 16 heavy (non-hydrogen) atoms. The molecular formula is C9H16N6O. The standard InChI is InChI=1S/C9H16N6O/c1-3-15-7-5-14(16)4-6(7)12-9(15)8(10)13-11-2/h11,16H,3-5H2,1-2H3,(H2,10,13). The van der Waals surface area contributed by atoms with Crippen LogP contribution in [0.4, 0.5) is 0 Å². The van der Waals surface area contributed by atoms with Gasteiger partial charge in [0.1, 0.15) is 0 Å². The Morgan fingerprint density at radius 2 is 2.38 bits per heavy atom. The van der Waals surface area contributed by atoms with E-state index in [9.17, 15) is 5.21 Å². The average molecular weight is 224 g/mol. The number of nitrogens with one attached hydrogen (secondary N) is 1. The molecular weight excluding hydrogens is 208 g/mol. The molecule has 7 heteroatoms. The Kier molecular flexibility index (Phi) is 2.80. The molecule has 0 bridgehead atoms. The van der Waals surface area contributed by atoms with E-state index in [4.69, 9.17) is 5.73 Å². The van der Waals surface area contributed by atoms with Crippen molar-refractivity contribution in [2.24, 2.45) is 10.8 Å². The van der Waals surface area contributed by atoms with E-state index in [2.05, 4.69) is 15.5 Å². The van der Waals surface area contributed by atoms with Crippen LogP contribution in [0.1, 0.15) is 24.1 Å². The molecule has 0 aliphatic carbocycles. The largest absolute Gasteiger partial charge is 0.379 e. The molecule has 1 aliphatic rings. The van der Waals surface area contributed by atoms with Gasteiger partial charge >= 0.3 is 0 Å². The lowest BCUT2D eigenvalue weighted by molar-refractivity contribution is -0.0986. The maximum absolute atomic E-state index is 9.40. The fourth-order valence-corrected chi connectivity index (χ4v) is 1.95. The zero-order chi connectivity index (χ0) is 11.7. The molecule has 0 aromatic carbocycles. The van der Waals surface area contributed by atoms with Crippen molar-refractivity contribution in [1.29, 1.82) is 0 Å². The maximum atomic E-state index is 9.40. The molecule has 1 aliphatic heterocycles. The molecule has 1 aromatic heterocycles. The number of imidazole rings is 1. The third-order valence-electron chi connectivity index (χ3n) is 2.60. The number of fused-ring (bicyclic) bond motifs is 1. The number of rotatable bonds is 3. The fourth-order valence-electron chi connectivity index (χ4n) is 1.95. The SMILES string of the molecule is CCn1c(/C(N)=N/NC)nc2c1CN(O)C2. The Labute approximate surface area is 93.5 Å². The quantitative estimate of drug-likeness (QED) is 0.364. The van der Waals surface area contributed by atoms with Crippen molar-refractivity contribution in [3.8, 4) is 0 Å². The molecule has 0 saturated heterocycles. The summed E-state index contributed by atoms with van der Waals surface area (Å²) in [6, 6.07) is 0. The van der Waals surface area contributed by atoms with E-state index in [0.29, 0.717) is 24.7 Å². The van der Waals surface area contributed by atoms with E-state index in [0.717, 1.165) is 17.9 Å². The van der Waals surface area contributed by atoms with Crippen molar-refractivity contribution >= 4 is 5.84 Å². The number of aromatic nitrogens is 2. The molecule has 0 radical (unpaired) electrons. The van der Waals surface area contributed by atoms with E-state index in [1.165, 1.54) is 5.06 Å². The topological polar surface area (TPSA) is 91.7 Å². The number of amidine groups is 1. The van der Waals surface area contributed by atoms with Crippen LogP contribution < -0.4 is 11.2 Å². The number of hydroxylamine groups is 2. The number of nitrogens with two attached hydrogens (primary N) is 1. The van der Waals surface area contributed by atoms with Gasteiger partial charge in [-0.15, -0.1) is 0 Å². The van der Waals surface area contributed by atoms with Gasteiger partial charge in [0.15, 0.2) is 11.7 Å². The second-order valence-corrected chi connectivity index (χ2v) is 3.62. The molecule has 1 aromatic rings. The predicted octanol–water partition coefficient (Wildman–Crippen LogP) is -0.552. The molecule has 2 rings (SSSR count). The van der Waals surface area contributed by atoms with E-state index >= 15 is 0 Å². The lowest BCUT2D eigenvalue weighted by Gasteiger charge is -2.09. The Balaban J connectivity index is 2.42. The van der Waals surface area contributed by atoms with Gasteiger partial charge in [0.25, 0.3) is 0 Å². The van der Waals surface area contributed by atoms with Crippen molar-refractivity contribution in [2.45, 2.75) is 26.6 Å². The molecule has 0 saturated carbocycles. The van der Waals surface area contributed by atoms with Crippen LogP contribution in [0.25, 0.3) is 0 Å². The molecule has 0 unspecified atom stereocenters. The Morgan fingerprint density at radius 1 is 1.62 bits per heavy atom. The first-order valence-electron chi connectivity index (χ1n) is 5.19. The summed E-state index contributed by atoms with van der Waals surface area (Å²) < 4.78 is 1.97. The van der Waals surface area contributed by atoms with Gasteiger partial charge in [0.05, 0.1) is 24.5 Å². The number of hydrazone groups is 1. The third kappa shape index (κ3) is 1.63. The highest BCUT2D eigenvalue weighted by molar-refractivity contribution is 5.94. The maximum Gasteiger partial charge on any atom is 0.186 e. The van der Waals surface area contributed by atoms with Gasteiger partial charge in [0, 0.05) is 13.6 Å². The highest BCUT2D eigenvalue weighted by atomic mass is 16.5. The zero-order valence-electron chi connectivity index (χ0n) is 9.43. The normalized spacial score (nSPS) is 16.6. The van der Waals surface area contributed by atoms with Crippen molar-refractivity contribution in [3.05, 3.63) is 17.2 Å². The van der Waals surface area contributed by atoms with Gasteiger partial charge in [-0.25, -0.2) is 4.98 Å². The van der Waals surface area contributed by atoms with Crippen LogP contribution in [0.2, 0.25) is 0 Å². The molecule has 7 nitrogen and oxygen atoms in total. The van der Waals surface area contributed by atoms with Crippen LogP contribution in [0.15, 0.2) is 5.10 Å². The van der Waals surface area contributed by atoms with Crippen LogP contribution >= 0.6 is 0 Å². The monoisotopic (exact) mass is 224 g/mol. The Hall–Kier alpha value is -1.60. The lowest BCUT2D eigenvalue weighted by atomic mass is 10.4. The molecule has 0 atom stereocenters. The minimum atomic E-state index is 0.364. The summed E-state index contributed by atoms with van der Waals surface area (Å²) in [6.07, 6.45) is 0. The van der Waals surface area contributed by atoms with E-state index in [1.54, 1.807) is 7.05 Å². The highest BCUT2D eigenvalue weighted by Crippen LogP contribution is 2.22. The summed E-state index contributed by atoms with van der Waals surface area (Å²) >= 11 is 0. The van der Waals surface area contributed by atoms with Crippen LogP contribution in [0.5, 0.6) is 0 Å². The average Bonchev–Trinajstić information content (AvgIpc) is 2.73. The molecule has 0 fully saturated rings. The molecule has 88 valence electrons. The first-order chi connectivity index (χ1) is 7.67. The first kappa shape index (κ1) is 10.9. The van der Waals surface area contributed by atoms with Crippen LogP contribution in [0, 0.1) is 0 Å². The van der Waals surface area contributed by atoms with Gasteiger partial charge in [-0.1, -0.05) is 0 Å². The summed E-state index contributed by atoms with van der Waals surface area (Å²) in [5, 5.41) is 14.6. The summed E-state index contributed by atoms with van der Waals surface area (Å²) in [7, 11) is 1.69. The summed E-state index contributed by atoms with van der Waals surface area (Å²) in [5.74, 6) is 1.03. The van der Waals surface area contributed by atoms with Gasteiger partial charge in [-0.05, 0) is 6.92 Å². The van der Waals surface area contributed by atoms with Gasteiger partial charge in [0.2, 0.25) is 0 Å². The Bertz CT molecular complexity index is 424. The summed E-state index contributed by atoms with van der Waals surface area (Å²) in [4.78, 5) is 4.40. The van der Waals surface area contributed by atoms with Crippen LogP contribution in [-0.4, -0.2) is 32.7 Å². The van der Waals surface area contributed by atoms with Crippen molar-refractivity contribution in [2.75, 3.05) is 7.05 Å². The molecule has 4 N–H and O–H groups in total. The van der Waals surface area contributed by atoms with Gasteiger partial charge in [-0.2, -0.15) is 10.2 Å². The van der Waals surface area contributed by atoms with E-state index < -0.39 is 0 Å². The smallest absolute Gasteiger partial charge is 0.186 e. The second kappa shape index (κ2) is 4.11. The van der Waals surface area contributed by atoms with Crippen molar-refractivity contribution in [3.63, 3.8) is 0 Å². The van der Waals surface area contributed by atoms with Gasteiger partial charge in [-0.3, -0.25) is 0 Å². The highest BCUT2D eigenvalue weighted by Gasteiger charge is 2.26.